The van der Waals surface area contributed by atoms with Gasteiger partial charge < -0.3 is 10.6 Å². The van der Waals surface area contributed by atoms with Crippen molar-refractivity contribution in [2.24, 2.45) is 0 Å². The molecular formula is C26H27Cl2N3O4S. The van der Waals surface area contributed by atoms with Crippen LogP contribution in [-0.4, -0.2) is 32.8 Å². The van der Waals surface area contributed by atoms with E-state index in [4.69, 9.17) is 23.2 Å². The maximum Gasteiger partial charge on any atom is 0.264 e. The van der Waals surface area contributed by atoms with Gasteiger partial charge in [-0.25, -0.2) is 8.42 Å². The van der Waals surface area contributed by atoms with Crippen molar-refractivity contribution in [3.8, 4) is 0 Å². The summed E-state index contributed by atoms with van der Waals surface area (Å²) >= 11 is 12.3. The zero-order valence-corrected chi connectivity index (χ0v) is 22.4. The van der Waals surface area contributed by atoms with Gasteiger partial charge >= 0.3 is 0 Å². The number of halogens is 2. The summed E-state index contributed by atoms with van der Waals surface area (Å²) in [5, 5.41) is 5.97. The normalized spacial score (nSPS) is 12.0. The highest BCUT2D eigenvalue weighted by atomic mass is 35.5. The molecule has 3 aromatic rings. The highest BCUT2D eigenvalue weighted by Crippen LogP contribution is 2.30. The van der Waals surface area contributed by atoms with Gasteiger partial charge in [-0.05, 0) is 62.7 Å². The number of benzene rings is 3. The van der Waals surface area contributed by atoms with Gasteiger partial charge in [-0.2, -0.15) is 0 Å². The lowest BCUT2D eigenvalue weighted by Gasteiger charge is -2.25. The summed E-state index contributed by atoms with van der Waals surface area (Å²) in [7, 11) is -4.16. The number of carbonyl (C=O) groups is 2. The summed E-state index contributed by atoms with van der Waals surface area (Å²) in [6.45, 7) is 5.09. The Kier molecular flexibility index (Phi) is 9.00. The molecule has 0 aromatic heterocycles. The van der Waals surface area contributed by atoms with Gasteiger partial charge in [0.15, 0.2) is 0 Å². The van der Waals surface area contributed by atoms with E-state index in [2.05, 4.69) is 10.6 Å². The fourth-order valence-electron chi connectivity index (χ4n) is 3.35. The largest absolute Gasteiger partial charge is 0.350 e. The molecule has 2 amide bonds. The fraction of sp³-hybridized carbons (Fsp3) is 0.231. The summed E-state index contributed by atoms with van der Waals surface area (Å²) in [4.78, 5) is 25.9. The zero-order valence-electron chi connectivity index (χ0n) is 20.1. The minimum absolute atomic E-state index is 0.00493. The number of hydrogen-bond acceptors (Lipinski definition) is 4. The minimum atomic E-state index is -4.16. The van der Waals surface area contributed by atoms with Crippen molar-refractivity contribution in [1.82, 2.24) is 5.32 Å². The van der Waals surface area contributed by atoms with Gasteiger partial charge in [0.05, 0.1) is 21.8 Å². The molecule has 0 unspecified atom stereocenters. The minimum Gasteiger partial charge on any atom is -0.350 e. The van der Waals surface area contributed by atoms with E-state index < -0.39 is 22.5 Å². The molecule has 3 aromatic carbocycles. The van der Waals surface area contributed by atoms with E-state index in [1.54, 1.807) is 36.4 Å². The van der Waals surface area contributed by atoms with Gasteiger partial charge in [0.25, 0.3) is 15.9 Å². The average Bonchev–Trinajstić information content (AvgIpc) is 2.82. The maximum atomic E-state index is 13.6. The fourth-order valence-corrected chi connectivity index (χ4v) is 5.27. The first-order valence-corrected chi connectivity index (χ1v) is 13.5. The Morgan fingerprint density at radius 3 is 2.19 bits per heavy atom. The van der Waals surface area contributed by atoms with E-state index in [9.17, 15) is 18.0 Å². The monoisotopic (exact) mass is 547 g/mol. The second kappa shape index (κ2) is 11.8. The van der Waals surface area contributed by atoms with Crippen LogP contribution in [0.25, 0.3) is 0 Å². The van der Waals surface area contributed by atoms with Crippen molar-refractivity contribution < 1.29 is 18.0 Å². The predicted octanol–water partition coefficient (Wildman–Crippen LogP) is 5.66. The van der Waals surface area contributed by atoms with Gasteiger partial charge in [-0.15, -0.1) is 0 Å². The number of aryl methyl sites for hydroxylation is 1. The van der Waals surface area contributed by atoms with Crippen LogP contribution < -0.4 is 14.9 Å². The zero-order chi connectivity index (χ0) is 26.5. The van der Waals surface area contributed by atoms with E-state index in [1.807, 2.05) is 20.8 Å². The van der Waals surface area contributed by atoms with Crippen LogP contribution in [-0.2, 0) is 14.8 Å². The number of carbonyl (C=O) groups excluding carboxylic acids is 2. The molecule has 0 aliphatic rings. The molecule has 0 saturated carbocycles. The smallest absolute Gasteiger partial charge is 0.264 e. The number of rotatable bonds is 9. The van der Waals surface area contributed by atoms with E-state index >= 15 is 0 Å². The molecule has 2 N–H and O–H groups in total. The van der Waals surface area contributed by atoms with Crippen LogP contribution >= 0.6 is 23.2 Å². The number of nitrogens with zero attached hydrogens (tertiary/aromatic N) is 1. The van der Waals surface area contributed by atoms with E-state index in [0.29, 0.717) is 0 Å². The molecule has 0 bridgehead atoms. The highest BCUT2D eigenvalue weighted by molar-refractivity contribution is 7.92. The summed E-state index contributed by atoms with van der Waals surface area (Å²) in [5.41, 5.74) is 1.55. The first kappa shape index (κ1) is 27.5. The number of nitrogens with one attached hydrogen (secondary N) is 2. The summed E-state index contributed by atoms with van der Waals surface area (Å²) < 4.78 is 28.1. The third-order valence-corrected chi connectivity index (χ3v) is 7.69. The number of para-hydroxylation sites is 1. The molecular weight excluding hydrogens is 521 g/mol. The Labute approximate surface area is 221 Å². The Balaban J connectivity index is 1.95. The molecule has 0 aliphatic heterocycles. The molecule has 7 nitrogen and oxygen atoms in total. The molecule has 190 valence electrons. The van der Waals surface area contributed by atoms with Crippen molar-refractivity contribution in [2.45, 2.75) is 38.1 Å². The number of anilines is 2. The highest BCUT2D eigenvalue weighted by Gasteiger charge is 2.28. The van der Waals surface area contributed by atoms with Gasteiger partial charge in [-0.3, -0.25) is 13.9 Å². The molecule has 3 rings (SSSR count). The van der Waals surface area contributed by atoms with Gasteiger partial charge in [0, 0.05) is 16.1 Å². The van der Waals surface area contributed by atoms with Crippen LogP contribution in [0.2, 0.25) is 10.0 Å². The topological polar surface area (TPSA) is 95.6 Å². The second-order valence-corrected chi connectivity index (χ2v) is 11.1. The van der Waals surface area contributed by atoms with E-state index in [1.165, 1.54) is 30.3 Å². The molecule has 0 fully saturated rings. The third-order valence-electron chi connectivity index (χ3n) is 5.47. The van der Waals surface area contributed by atoms with Crippen LogP contribution in [0.15, 0.2) is 71.6 Å². The first-order valence-electron chi connectivity index (χ1n) is 11.3. The summed E-state index contributed by atoms with van der Waals surface area (Å²) in [6, 6.07) is 17.1. The third kappa shape index (κ3) is 6.78. The average molecular weight is 548 g/mol. The van der Waals surface area contributed by atoms with E-state index in [-0.39, 0.29) is 43.8 Å². The maximum absolute atomic E-state index is 13.6. The van der Waals surface area contributed by atoms with Crippen molar-refractivity contribution >= 4 is 56.4 Å². The number of amides is 2. The molecule has 1 atom stereocenters. The second-order valence-electron chi connectivity index (χ2n) is 8.33. The van der Waals surface area contributed by atoms with Crippen molar-refractivity contribution in [3.63, 3.8) is 0 Å². The Morgan fingerprint density at radius 1 is 0.972 bits per heavy atom. The van der Waals surface area contributed by atoms with Crippen LogP contribution in [0.4, 0.5) is 11.4 Å². The predicted molar refractivity (Wildman–Crippen MR) is 144 cm³/mol. The van der Waals surface area contributed by atoms with Gasteiger partial charge in [0.2, 0.25) is 5.91 Å². The molecule has 0 radical (unpaired) electrons. The molecule has 0 saturated heterocycles. The Hall–Kier alpha value is -3.07. The quantitative estimate of drug-likeness (QED) is 0.361. The Morgan fingerprint density at radius 2 is 1.58 bits per heavy atom. The van der Waals surface area contributed by atoms with Crippen LogP contribution in [0.1, 0.15) is 36.2 Å². The van der Waals surface area contributed by atoms with Gasteiger partial charge in [0.1, 0.15) is 6.54 Å². The molecule has 0 spiro atoms. The first-order chi connectivity index (χ1) is 17.0. The van der Waals surface area contributed by atoms with Crippen LogP contribution in [0.3, 0.4) is 0 Å². The summed E-state index contributed by atoms with van der Waals surface area (Å²) in [5.74, 6) is -0.989. The molecule has 36 heavy (non-hydrogen) atoms. The van der Waals surface area contributed by atoms with E-state index in [0.717, 1.165) is 16.3 Å². The number of hydrogen-bond donors (Lipinski definition) is 2. The SMILES string of the molecule is CC[C@@H](C)NC(=O)c1ccccc1NC(=O)CN(c1cc(Cl)cc(Cl)c1)S(=O)(=O)c1ccc(C)cc1. The van der Waals surface area contributed by atoms with Gasteiger partial charge in [-0.1, -0.05) is 60.0 Å². The lowest BCUT2D eigenvalue weighted by Crippen LogP contribution is -2.38. The lowest BCUT2D eigenvalue weighted by atomic mass is 10.1. The Bertz CT molecular complexity index is 1340. The molecule has 10 heteroatoms. The van der Waals surface area contributed by atoms with Crippen LogP contribution in [0, 0.1) is 6.92 Å². The molecule has 0 aliphatic carbocycles. The van der Waals surface area contributed by atoms with Crippen molar-refractivity contribution in [2.75, 3.05) is 16.2 Å². The number of sulfonamides is 1. The standard InChI is InChI=1S/C26H27Cl2N3O4S/c1-4-18(3)29-26(33)23-7-5-6-8-24(23)30-25(32)16-31(21-14-19(27)13-20(28)15-21)36(34,35)22-11-9-17(2)10-12-22/h5-15,18H,4,16H2,1-3H3,(H,29,33)(H,30,32)/t18-/m1/s1. The van der Waals surface area contributed by atoms with Crippen LogP contribution in [0.5, 0.6) is 0 Å². The summed E-state index contributed by atoms with van der Waals surface area (Å²) in [6.07, 6.45) is 0.744. The van der Waals surface area contributed by atoms with Crippen molar-refractivity contribution in [1.29, 1.82) is 0 Å². The van der Waals surface area contributed by atoms with Crippen molar-refractivity contribution in [3.05, 3.63) is 87.9 Å². The molecule has 0 heterocycles. The lowest BCUT2D eigenvalue weighted by molar-refractivity contribution is -0.114.